The Morgan fingerprint density at radius 3 is 2.40 bits per heavy atom. The lowest BCUT2D eigenvalue weighted by molar-refractivity contribution is -0.384. The molecule has 0 spiro atoms. The maximum Gasteiger partial charge on any atom is 0.269 e. The van der Waals surface area contributed by atoms with Crippen LogP contribution in [0, 0.1) is 10.1 Å². The molecule has 0 unspecified atom stereocenters. The number of carbonyl (C=O) groups is 1. The lowest BCUT2D eigenvalue weighted by Gasteiger charge is -2.07. The average molecular weight is 301 g/mol. The first-order valence-electron chi connectivity index (χ1n) is 5.87. The van der Waals surface area contributed by atoms with Crippen LogP contribution in [0.5, 0.6) is 0 Å². The minimum Gasteiger partial charge on any atom is -0.355 e. The van der Waals surface area contributed by atoms with Crippen molar-refractivity contribution in [2.45, 2.75) is 18.2 Å². The van der Waals surface area contributed by atoms with E-state index in [0.29, 0.717) is 6.54 Å². The number of hydrogen-bond donors (Lipinski definition) is 2. The van der Waals surface area contributed by atoms with Crippen molar-refractivity contribution >= 4 is 21.6 Å². The summed E-state index contributed by atoms with van der Waals surface area (Å²) in [5, 5.41) is 13.0. The number of nitro groups is 1. The molecule has 0 aliphatic rings. The number of non-ortho nitro benzene ring substituents is 1. The average Bonchev–Trinajstić information content (AvgIpc) is 2.43. The van der Waals surface area contributed by atoms with Crippen molar-refractivity contribution in [2.75, 3.05) is 13.1 Å². The van der Waals surface area contributed by atoms with Crippen molar-refractivity contribution in [1.82, 2.24) is 10.0 Å². The van der Waals surface area contributed by atoms with Crippen LogP contribution in [0.1, 0.15) is 13.3 Å². The molecule has 0 fully saturated rings. The van der Waals surface area contributed by atoms with Gasteiger partial charge in [0.2, 0.25) is 15.9 Å². The van der Waals surface area contributed by atoms with Crippen molar-refractivity contribution < 1.29 is 18.1 Å². The number of nitrogens with zero attached hydrogens (tertiary/aromatic N) is 1. The molecule has 0 atom stereocenters. The largest absolute Gasteiger partial charge is 0.355 e. The third kappa shape index (κ3) is 4.59. The van der Waals surface area contributed by atoms with Gasteiger partial charge in [0.25, 0.3) is 5.69 Å². The number of carbonyl (C=O) groups excluding carboxylic acids is 1. The summed E-state index contributed by atoms with van der Waals surface area (Å²) in [5.74, 6) is -0.433. The van der Waals surface area contributed by atoms with E-state index in [2.05, 4.69) is 10.0 Å². The molecule has 0 aliphatic carbocycles. The maximum atomic E-state index is 11.8. The van der Waals surface area contributed by atoms with E-state index in [9.17, 15) is 23.3 Å². The molecule has 1 rings (SSSR count). The lowest BCUT2D eigenvalue weighted by atomic mass is 10.3. The molecule has 9 heteroatoms. The van der Waals surface area contributed by atoms with Gasteiger partial charge in [0, 0.05) is 18.7 Å². The van der Waals surface area contributed by atoms with E-state index in [4.69, 9.17) is 0 Å². The molecule has 0 saturated heterocycles. The monoisotopic (exact) mass is 301 g/mol. The Bertz CT molecular complexity index is 583. The highest BCUT2D eigenvalue weighted by molar-refractivity contribution is 7.89. The van der Waals surface area contributed by atoms with Gasteiger partial charge in [0.05, 0.1) is 16.4 Å². The number of amides is 1. The first-order chi connectivity index (χ1) is 9.36. The highest BCUT2D eigenvalue weighted by Crippen LogP contribution is 2.15. The first kappa shape index (κ1) is 16.1. The van der Waals surface area contributed by atoms with Crippen LogP contribution in [-0.4, -0.2) is 32.3 Å². The van der Waals surface area contributed by atoms with Gasteiger partial charge in [-0.25, -0.2) is 13.1 Å². The van der Waals surface area contributed by atoms with E-state index >= 15 is 0 Å². The number of nitro benzene ring substituents is 1. The number of nitrogens with one attached hydrogen (secondary N) is 2. The molecule has 1 amide bonds. The molecule has 0 saturated carbocycles. The van der Waals surface area contributed by atoms with E-state index in [1.54, 1.807) is 0 Å². The predicted octanol–water partition coefficient (Wildman–Crippen LogP) is 0.399. The Morgan fingerprint density at radius 1 is 1.30 bits per heavy atom. The van der Waals surface area contributed by atoms with Crippen molar-refractivity contribution in [3.05, 3.63) is 34.4 Å². The fraction of sp³-hybridized carbons (Fsp3) is 0.364. The highest BCUT2D eigenvalue weighted by atomic mass is 32.2. The summed E-state index contributed by atoms with van der Waals surface area (Å²) >= 11 is 0. The van der Waals surface area contributed by atoms with E-state index in [1.807, 2.05) is 6.92 Å². The second kappa shape index (κ2) is 6.96. The first-order valence-corrected chi connectivity index (χ1v) is 7.36. The Hall–Kier alpha value is -2.00. The quantitative estimate of drug-likeness (QED) is 0.558. The Morgan fingerprint density at radius 2 is 1.90 bits per heavy atom. The van der Waals surface area contributed by atoms with E-state index in [1.165, 1.54) is 0 Å². The SMILES string of the molecule is CCCNC(=O)CNS(=O)(=O)c1ccc([N+](=O)[O-])cc1. The Balaban J connectivity index is 2.69. The van der Waals surface area contributed by atoms with Crippen LogP contribution in [0.4, 0.5) is 5.69 Å². The molecule has 8 nitrogen and oxygen atoms in total. The standard InChI is InChI=1S/C11H15N3O5S/c1-2-7-12-11(15)8-13-20(18,19)10-5-3-9(4-6-10)14(16)17/h3-6,13H,2,7-8H2,1H3,(H,12,15). The summed E-state index contributed by atoms with van der Waals surface area (Å²) < 4.78 is 25.8. The molecule has 0 heterocycles. The van der Waals surface area contributed by atoms with Crippen LogP contribution < -0.4 is 10.0 Å². The molecule has 0 bridgehead atoms. The molecule has 1 aromatic carbocycles. The Labute approximate surface area is 116 Å². The predicted molar refractivity (Wildman–Crippen MR) is 71.6 cm³/mol. The van der Waals surface area contributed by atoms with Crippen LogP contribution in [0.15, 0.2) is 29.2 Å². The smallest absolute Gasteiger partial charge is 0.269 e. The zero-order valence-corrected chi connectivity index (χ0v) is 11.6. The zero-order chi connectivity index (χ0) is 15.2. The van der Waals surface area contributed by atoms with Crippen LogP contribution >= 0.6 is 0 Å². The molecular formula is C11H15N3O5S. The van der Waals surface area contributed by atoms with Gasteiger partial charge < -0.3 is 5.32 Å². The second-order valence-electron chi connectivity index (χ2n) is 3.93. The molecular weight excluding hydrogens is 286 g/mol. The molecule has 20 heavy (non-hydrogen) atoms. The lowest BCUT2D eigenvalue weighted by Crippen LogP contribution is -2.37. The van der Waals surface area contributed by atoms with E-state index in [0.717, 1.165) is 30.7 Å². The summed E-state index contributed by atoms with van der Waals surface area (Å²) in [6, 6.07) is 4.41. The van der Waals surface area contributed by atoms with Crippen LogP contribution in [-0.2, 0) is 14.8 Å². The minimum absolute atomic E-state index is 0.133. The normalized spacial score (nSPS) is 11.1. The summed E-state index contributed by atoms with van der Waals surface area (Å²) in [6.45, 7) is 1.97. The van der Waals surface area contributed by atoms with Crippen LogP contribution in [0.3, 0.4) is 0 Å². The number of hydrogen-bond acceptors (Lipinski definition) is 5. The van der Waals surface area contributed by atoms with Gasteiger partial charge >= 0.3 is 0 Å². The molecule has 110 valence electrons. The molecule has 0 aliphatic heterocycles. The highest BCUT2D eigenvalue weighted by Gasteiger charge is 2.16. The summed E-state index contributed by atoms with van der Waals surface area (Å²) in [4.78, 5) is 21.0. The Kier molecular flexibility index (Phi) is 5.59. The van der Waals surface area contributed by atoms with E-state index < -0.39 is 20.9 Å². The van der Waals surface area contributed by atoms with Gasteiger partial charge in [-0.05, 0) is 18.6 Å². The molecule has 2 N–H and O–H groups in total. The fourth-order valence-electron chi connectivity index (χ4n) is 1.32. The van der Waals surface area contributed by atoms with Crippen molar-refractivity contribution in [2.24, 2.45) is 0 Å². The minimum atomic E-state index is -3.86. The van der Waals surface area contributed by atoms with Gasteiger partial charge in [-0.2, -0.15) is 0 Å². The zero-order valence-electron chi connectivity index (χ0n) is 10.8. The van der Waals surface area contributed by atoms with Crippen LogP contribution in [0.2, 0.25) is 0 Å². The summed E-state index contributed by atoms with van der Waals surface area (Å²) in [5.41, 5.74) is -0.204. The number of sulfonamides is 1. The van der Waals surface area contributed by atoms with Gasteiger partial charge in [0.1, 0.15) is 0 Å². The van der Waals surface area contributed by atoms with Crippen LogP contribution in [0.25, 0.3) is 0 Å². The van der Waals surface area contributed by atoms with Gasteiger partial charge in [-0.15, -0.1) is 0 Å². The second-order valence-corrected chi connectivity index (χ2v) is 5.69. The van der Waals surface area contributed by atoms with Crippen molar-refractivity contribution in [3.63, 3.8) is 0 Å². The van der Waals surface area contributed by atoms with Gasteiger partial charge in [0.15, 0.2) is 0 Å². The summed E-state index contributed by atoms with van der Waals surface area (Å²) in [6.07, 6.45) is 0.751. The van der Waals surface area contributed by atoms with Gasteiger partial charge in [-0.3, -0.25) is 14.9 Å². The fourth-order valence-corrected chi connectivity index (χ4v) is 2.30. The third-order valence-electron chi connectivity index (χ3n) is 2.35. The number of benzene rings is 1. The summed E-state index contributed by atoms with van der Waals surface area (Å²) in [7, 11) is -3.86. The van der Waals surface area contributed by atoms with Crippen molar-refractivity contribution in [1.29, 1.82) is 0 Å². The molecule has 1 aromatic rings. The van der Waals surface area contributed by atoms with Gasteiger partial charge in [-0.1, -0.05) is 6.92 Å². The molecule has 0 radical (unpaired) electrons. The third-order valence-corrected chi connectivity index (χ3v) is 3.77. The number of rotatable bonds is 7. The maximum absolute atomic E-state index is 11.8. The van der Waals surface area contributed by atoms with E-state index in [-0.39, 0.29) is 17.1 Å². The van der Waals surface area contributed by atoms with Crippen molar-refractivity contribution in [3.8, 4) is 0 Å². The molecule has 0 aromatic heterocycles. The topological polar surface area (TPSA) is 118 Å².